The van der Waals surface area contributed by atoms with Crippen molar-refractivity contribution in [2.45, 2.75) is 18.3 Å². The first kappa shape index (κ1) is 22.5. The number of halogens is 4. The predicted molar refractivity (Wildman–Crippen MR) is 110 cm³/mol. The molecule has 2 aromatic carbocycles. The van der Waals surface area contributed by atoms with Crippen LogP contribution in [0.15, 0.2) is 52.8 Å². The molecule has 33 heavy (non-hydrogen) atoms. The lowest BCUT2D eigenvalue weighted by molar-refractivity contribution is -0.137. The Balaban J connectivity index is 1.48. The number of fused-ring (bicyclic) bond motifs is 1. The first-order chi connectivity index (χ1) is 15.6. The highest BCUT2D eigenvalue weighted by Gasteiger charge is 2.55. The third-order valence-electron chi connectivity index (χ3n) is 5.03. The highest BCUT2D eigenvalue weighted by Crippen LogP contribution is 2.35. The van der Waals surface area contributed by atoms with Crippen LogP contribution >= 0.6 is 11.6 Å². The molecule has 1 saturated heterocycles. The first-order valence-corrected chi connectivity index (χ1v) is 9.84. The summed E-state index contributed by atoms with van der Waals surface area (Å²) in [5.41, 5.74) is -0.800. The molecule has 0 saturated carbocycles. The van der Waals surface area contributed by atoms with Crippen molar-refractivity contribution in [3.8, 4) is 5.75 Å². The molecule has 0 unspecified atom stereocenters. The van der Waals surface area contributed by atoms with Crippen molar-refractivity contribution < 1.29 is 32.3 Å². The summed E-state index contributed by atoms with van der Waals surface area (Å²) in [6.07, 6.45) is -4.57. The van der Waals surface area contributed by atoms with Crippen molar-refractivity contribution in [3.63, 3.8) is 0 Å². The van der Waals surface area contributed by atoms with Crippen LogP contribution in [0.1, 0.15) is 5.56 Å². The Hall–Kier alpha value is -3.67. The molecule has 1 N–H and O–H groups in total. The van der Waals surface area contributed by atoms with Crippen LogP contribution in [-0.2, 0) is 20.6 Å². The number of benzene rings is 2. The molecule has 13 heteroatoms. The molecule has 0 radical (unpaired) electrons. The quantitative estimate of drug-likeness (QED) is 0.660. The lowest BCUT2D eigenvalue weighted by Gasteiger charge is -2.20. The fourth-order valence-corrected chi connectivity index (χ4v) is 3.78. The molecule has 9 nitrogen and oxygen atoms in total. The van der Waals surface area contributed by atoms with E-state index in [-0.39, 0.29) is 16.4 Å². The Morgan fingerprint density at radius 3 is 2.61 bits per heavy atom. The summed E-state index contributed by atoms with van der Waals surface area (Å²) in [6.45, 7) is -0.503. The topological polar surface area (TPSA) is 104 Å². The molecule has 0 spiro atoms. The summed E-state index contributed by atoms with van der Waals surface area (Å²) < 4.78 is 43.7. The van der Waals surface area contributed by atoms with Gasteiger partial charge in [0, 0.05) is 5.69 Å². The highest BCUT2D eigenvalue weighted by atomic mass is 35.5. The Morgan fingerprint density at radius 2 is 1.94 bits per heavy atom. The van der Waals surface area contributed by atoms with E-state index in [1.54, 1.807) is 0 Å². The number of carbonyl (C=O) groups is 3. The van der Waals surface area contributed by atoms with E-state index >= 15 is 0 Å². The van der Waals surface area contributed by atoms with E-state index in [9.17, 15) is 27.6 Å². The number of hydrogen-bond donors (Lipinski definition) is 1. The molecular formula is C20H15ClF3N5O4. The van der Waals surface area contributed by atoms with Gasteiger partial charge >= 0.3 is 6.18 Å². The Morgan fingerprint density at radius 1 is 1.18 bits per heavy atom. The zero-order valence-corrected chi connectivity index (χ0v) is 17.6. The minimum absolute atomic E-state index is 0.0779. The number of anilines is 2. The van der Waals surface area contributed by atoms with Gasteiger partial charge in [0.15, 0.2) is 12.1 Å². The summed E-state index contributed by atoms with van der Waals surface area (Å²) in [7, 11) is 1.42. The van der Waals surface area contributed by atoms with Gasteiger partial charge in [0.05, 0.1) is 23.4 Å². The van der Waals surface area contributed by atoms with Crippen molar-refractivity contribution in [1.29, 1.82) is 0 Å². The first-order valence-electron chi connectivity index (χ1n) is 9.46. The van der Waals surface area contributed by atoms with Crippen LogP contribution in [0.25, 0.3) is 0 Å². The number of amides is 3. The lowest BCUT2D eigenvalue weighted by Crippen LogP contribution is -2.43. The van der Waals surface area contributed by atoms with Gasteiger partial charge in [0.2, 0.25) is 5.91 Å². The number of nitrogens with zero attached hydrogens (tertiary/aromatic N) is 4. The zero-order valence-electron chi connectivity index (χ0n) is 16.8. The number of nitrogens with one attached hydrogen (secondary N) is 1. The van der Waals surface area contributed by atoms with Crippen LogP contribution in [0.2, 0.25) is 5.02 Å². The smallest absolute Gasteiger partial charge is 0.416 e. The molecule has 2 aliphatic rings. The average molecular weight is 482 g/mol. The van der Waals surface area contributed by atoms with Crippen molar-refractivity contribution in [3.05, 3.63) is 53.1 Å². The van der Waals surface area contributed by atoms with Gasteiger partial charge in [-0.25, -0.2) is 4.90 Å². The van der Waals surface area contributed by atoms with E-state index in [4.69, 9.17) is 16.3 Å². The second-order valence-corrected chi connectivity index (χ2v) is 7.56. The van der Waals surface area contributed by atoms with E-state index < -0.39 is 48.1 Å². The lowest BCUT2D eigenvalue weighted by atomic mass is 10.1. The largest absolute Gasteiger partial charge is 0.495 e. The zero-order chi connectivity index (χ0) is 23.9. The summed E-state index contributed by atoms with van der Waals surface area (Å²) in [4.78, 5) is 39.0. The van der Waals surface area contributed by atoms with Crippen LogP contribution in [0.5, 0.6) is 5.75 Å². The third kappa shape index (κ3) is 4.21. The Labute approximate surface area is 189 Å². The maximum absolute atomic E-state index is 13.0. The fraction of sp³-hybridized carbons (Fsp3) is 0.250. The second kappa shape index (κ2) is 8.35. The standard InChI is InChI=1S/C20H15ClF3N5O4/c1-33-14-6-5-12(8-13(14)21)29-18(31)16-17(19(29)32)28(27-26-16)9-15(30)25-11-4-2-3-10(7-11)20(22,23)24/h2-8,16-17H,9H2,1H3,(H,25,30)/t16-,17+/m1/s1. The minimum Gasteiger partial charge on any atom is -0.495 e. The monoisotopic (exact) mass is 481 g/mol. The van der Waals surface area contributed by atoms with Crippen molar-refractivity contribution in [1.82, 2.24) is 5.01 Å². The van der Waals surface area contributed by atoms with Crippen LogP contribution < -0.4 is 15.0 Å². The molecule has 3 amide bonds. The summed E-state index contributed by atoms with van der Waals surface area (Å²) in [5, 5.41) is 11.1. The number of ether oxygens (including phenoxy) is 1. The van der Waals surface area contributed by atoms with Gasteiger partial charge < -0.3 is 10.1 Å². The molecule has 2 aliphatic heterocycles. The van der Waals surface area contributed by atoms with Gasteiger partial charge in [-0.2, -0.15) is 18.3 Å². The Kier molecular flexibility index (Phi) is 5.70. The molecular weight excluding hydrogens is 467 g/mol. The third-order valence-corrected chi connectivity index (χ3v) is 5.33. The normalized spacial score (nSPS) is 19.8. The van der Waals surface area contributed by atoms with Gasteiger partial charge in [0.25, 0.3) is 11.8 Å². The summed E-state index contributed by atoms with van der Waals surface area (Å²) in [6, 6.07) is 6.15. The van der Waals surface area contributed by atoms with Gasteiger partial charge in [-0.3, -0.25) is 19.4 Å². The number of hydrogen-bond acceptors (Lipinski definition) is 7. The minimum atomic E-state index is -4.57. The van der Waals surface area contributed by atoms with Crippen molar-refractivity contribution in [2.24, 2.45) is 10.3 Å². The average Bonchev–Trinajstić information content (AvgIpc) is 3.27. The van der Waals surface area contributed by atoms with E-state index in [1.165, 1.54) is 31.4 Å². The van der Waals surface area contributed by atoms with Gasteiger partial charge in [-0.1, -0.05) is 22.9 Å². The van der Waals surface area contributed by atoms with E-state index in [1.807, 2.05) is 0 Å². The molecule has 0 aromatic heterocycles. The number of rotatable bonds is 5. The molecule has 4 rings (SSSR count). The highest BCUT2D eigenvalue weighted by molar-refractivity contribution is 6.33. The second-order valence-electron chi connectivity index (χ2n) is 7.15. The van der Waals surface area contributed by atoms with Crippen LogP contribution in [0.3, 0.4) is 0 Å². The number of carbonyl (C=O) groups excluding carboxylic acids is 3. The number of imide groups is 1. The SMILES string of the molecule is COc1ccc(N2C(=O)[C@@H]3[C@@H](N=NN3CC(=O)Nc3cccc(C(F)(F)F)c3)C2=O)cc1Cl. The summed E-state index contributed by atoms with van der Waals surface area (Å²) in [5.74, 6) is -1.69. The molecule has 172 valence electrons. The van der Waals surface area contributed by atoms with Crippen LogP contribution in [-0.4, -0.2) is 48.5 Å². The van der Waals surface area contributed by atoms with Gasteiger partial charge in [-0.05, 0) is 36.4 Å². The van der Waals surface area contributed by atoms with Crippen molar-refractivity contribution >= 4 is 40.7 Å². The molecule has 2 aromatic rings. The molecule has 0 bridgehead atoms. The van der Waals surface area contributed by atoms with Gasteiger partial charge in [-0.15, -0.1) is 0 Å². The van der Waals surface area contributed by atoms with E-state index in [2.05, 4.69) is 15.7 Å². The number of methoxy groups -OCH3 is 1. The van der Waals surface area contributed by atoms with Crippen molar-refractivity contribution in [2.75, 3.05) is 23.9 Å². The molecule has 0 aliphatic carbocycles. The molecule has 2 atom stereocenters. The van der Waals surface area contributed by atoms with E-state index in [0.29, 0.717) is 5.75 Å². The molecule has 2 heterocycles. The van der Waals surface area contributed by atoms with Gasteiger partial charge in [0.1, 0.15) is 12.3 Å². The van der Waals surface area contributed by atoms with Crippen LogP contribution in [0.4, 0.5) is 24.5 Å². The number of alkyl halides is 3. The maximum atomic E-state index is 13.0. The Bertz CT molecular complexity index is 1170. The maximum Gasteiger partial charge on any atom is 0.416 e. The molecule has 1 fully saturated rings. The summed E-state index contributed by atoms with van der Waals surface area (Å²) >= 11 is 6.09. The fourth-order valence-electron chi connectivity index (χ4n) is 3.52. The van der Waals surface area contributed by atoms with Crippen LogP contribution in [0, 0.1) is 0 Å². The predicted octanol–water partition coefficient (Wildman–Crippen LogP) is 3.30. The van der Waals surface area contributed by atoms with E-state index in [0.717, 1.165) is 28.1 Å².